The van der Waals surface area contributed by atoms with E-state index in [0.717, 1.165) is 23.3 Å². The molecule has 0 saturated carbocycles. The fourth-order valence-corrected chi connectivity index (χ4v) is 5.07. The second-order valence-electron chi connectivity index (χ2n) is 8.83. The number of hydrogen-bond acceptors (Lipinski definition) is 8. The number of rotatable bonds is 5. The number of pyridine rings is 1. The molecule has 178 valence electrons. The summed E-state index contributed by atoms with van der Waals surface area (Å²) < 4.78 is 13.0. The maximum Gasteiger partial charge on any atom is 0.329 e. The standard InChI is InChI=1S/C25H24N6O4/c1-14(16-4-3-7-26-12-16)28-25-29-21-18(23-27-8-9-30(23)25)6-5-15(22(21)34-2)10-20(32)31-13-17-11-19(31)24(33)35-17/h3-7,12,17,19,27H,1,8-11,13H2,2H3/t17-,19-/m0/s1. The van der Waals surface area contributed by atoms with Crippen LogP contribution >= 0.6 is 0 Å². The predicted molar refractivity (Wildman–Crippen MR) is 127 cm³/mol. The van der Waals surface area contributed by atoms with Crippen molar-refractivity contribution >= 4 is 34.3 Å². The third-order valence-electron chi connectivity index (χ3n) is 6.73. The van der Waals surface area contributed by atoms with Crippen LogP contribution in [-0.4, -0.2) is 63.7 Å². The maximum atomic E-state index is 13.1. The summed E-state index contributed by atoms with van der Waals surface area (Å²) in [5, 5.41) is 4.29. The lowest BCUT2D eigenvalue weighted by Gasteiger charge is -2.26. The Hall–Kier alpha value is -4.21. The summed E-state index contributed by atoms with van der Waals surface area (Å²) in [7, 11) is 1.57. The zero-order valence-corrected chi connectivity index (χ0v) is 19.2. The molecule has 10 heteroatoms. The minimum Gasteiger partial charge on any atom is -0.494 e. The Morgan fingerprint density at radius 1 is 1.37 bits per heavy atom. The molecule has 2 saturated heterocycles. The Kier molecular flexibility index (Phi) is 5.01. The van der Waals surface area contributed by atoms with Gasteiger partial charge in [-0.1, -0.05) is 12.6 Å². The van der Waals surface area contributed by atoms with Crippen molar-refractivity contribution in [1.29, 1.82) is 0 Å². The Morgan fingerprint density at radius 3 is 3.00 bits per heavy atom. The van der Waals surface area contributed by atoms with Gasteiger partial charge in [0.2, 0.25) is 11.5 Å². The first-order chi connectivity index (χ1) is 17.0. The molecule has 0 radical (unpaired) electrons. The van der Waals surface area contributed by atoms with Crippen LogP contribution in [-0.2, 0) is 27.3 Å². The molecule has 0 aliphatic carbocycles. The second-order valence-corrected chi connectivity index (χ2v) is 8.83. The van der Waals surface area contributed by atoms with Crippen LogP contribution < -0.4 is 15.7 Å². The molecular weight excluding hydrogens is 448 g/mol. The van der Waals surface area contributed by atoms with E-state index in [1.54, 1.807) is 24.4 Å². The number of benzene rings is 1. The van der Waals surface area contributed by atoms with Gasteiger partial charge in [-0.3, -0.25) is 14.3 Å². The van der Waals surface area contributed by atoms with Crippen LogP contribution in [0.2, 0.25) is 0 Å². The number of methoxy groups -OCH3 is 1. The third kappa shape index (κ3) is 3.52. The van der Waals surface area contributed by atoms with Gasteiger partial charge in [0.1, 0.15) is 29.2 Å². The Balaban J connectivity index is 1.41. The second kappa shape index (κ2) is 8.23. The number of amides is 1. The number of fused-ring (bicyclic) bond motifs is 5. The first-order valence-corrected chi connectivity index (χ1v) is 11.5. The van der Waals surface area contributed by atoms with Crippen molar-refractivity contribution in [2.24, 2.45) is 4.99 Å². The van der Waals surface area contributed by atoms with Crippen molar-refractivity contribution in [2.75, 3.05) is 25.5 Å². The normalized spacial score (nSPS) is 20.7. The molecule has 1 aromatic carbocycles. The zero-order chi connectivity index (χ0) is 24.1. The molecule has 2 aromatic heterocycles. The highest BCUT2D eigenvalue weighted by atomic mass is 16.6. The monoisotopic (exact) mass is 472 g/mol. The molecule has 3 aliphatic rings. The number of morpholine rings is 1. The van der Waals surface area contributed by atoms with Crippen molar-refractivity contribution in [3.8, 4) is 5.75 Å². The Morgan fingerprint density at radius 2 is 2.26 bits per heavy atom. The number of ether oxygens (including phenoxy) is 2. The number of likely N-dealkylation sites (tertiary alicyclic amines) is 1. The summed E-state index contributed by atoms with van der Waals surface area (Å²) in [6.45, 7) is 6.00. The van der Waals surface area contributed by atoms with Crippen LogP contribution in [0.15, 0.2) is 48.2 Å². The molecule has 35 heavy (non-hydrogen) atoms. The van der Waals surface area contributed by atoms with E-state index in [1.165, 1.54) is 0 Å². The van der Waals surface area contributed by atoms with Crippen LogP contribution in [0.4, 0.5) is 5.82 Å². The van der Waals surface area contributed by atoms with Gasteiger partial charge in [0, 0.05) is 48.4 Å². The van der Waals surface area contributed by atoms with Crippen molar-refractivity contribution in [3.05, 3.63) is 60.0 Å². The molecule has 1 N–H and O–H groups in total. The van der Waals surface area contributed by atoms with Gasteiger partial charge in [0.05, 0.1) is 25.8 Å². The van der Waals surface area contributed by atoms with Gasteiger partial charge in [-0.2, -0.15) is 0 Å². The van der Waals surface area contributed by atoms with Crippen LogP contribution in [0, 0.1) is 0 Å². The molecular formula is C25H24N6O4. The molecule has 0 spiro atoms. The predicted octanol–water partition coefficient (Wildman–Crippen LogP) is 1.51. The smallest absolute Gasteiger partial charge is 0.329 e. The quantitative estimate of drug-likeness (QED) is 0.561. The van der Waals surface area contributed by atoms with E-state index in [4.69, 9.17) is 19.5 Å². The summed E-state index contributed by atoms with van der Waals surface area (Å²) in [6, 6.07) is 7.08. The highest BCUT2D eigenvalue weighted by Crippen LogP contribution is 2.34. The van der Waals surface area contributed by atoms with Crippen molar-refractivity contribution in [1.82, 2.24) is 19.4 Å². The van der Waals surface area contributed by atoms with Crippen LogP contribution in [0.3, 0.4) is 0 Å². The van der Waals surface area contributed by atoms with E-state index in [9.17, 15) is 9.59 Å². The van der Waals surface area contributed by atoms with Crippen LogP contribution in [0.5, 0.6) is 5.75 Å². The van der Waals surface area contributed by atoms with E-state index in [2.05, 4.69) is 16.9 Å². The fourth-order valence-electron chi connectivity index (χ4n) is 5.07. The van der Waals surface area contributed by atoms with E-state index in [0.29, 0.717) is 47.7 Å². The lowest BCUT2D eigenvalue weighted by Crippen LogP contribution is -2.45. The van der Waals surface area contributed by atoms with Crippen LogP contribution in [0.1, 0.15) is 17.5 Å². The molecule has 2 atom stereocenters. The van der Waals surface area contributed by atoms with E-state index in [-0.39, 0.29) is 24.4 Å². The van der Waals surface area contributed by atoms with Crippen LogP contribution in [0.25, 0.3) is 16.6 Å². The van der Waals surface area contributed by atoms with Gasteiger partial charge in [0.25, 0.3) is 0 Å². The average molecular weight is 473 g/mol. The number of anilines is 1. The van der Waals surface area contributed by atoms with Gasteiger partial charge in [-0.25, -0.2) is 14.8 Å². The summed E-state index contributed by atoms with van der Waals surface area (Å²) >= 11 is 0. The van der Waals surface area contributed by atoms with Gasteiger partial charge in [0.15, 0.2) is 0 Å². The Bertz CT molecular complexity index is 1450. The largest absolute Gasteiger partial charge is 0.494 e. The molecule has 3 aliphatic heterocycles. The molecule has 5 heterocycles. The topological polar surface area (TPSA) is 111 Å². The SMILES string of the molecule is C=C(N=c1nc2c(OC)c(CC(=O)N3C[C@@H]4C[C@H]3C(=O)O4)ccc2c2n1CCN2)c1cccnc1. The summed E-state index contributed by atoms with van der Waals surface area (Å²) in [5.74, 6) is 0.961. The number of esters is 1. The molecule has 3 aromatic rings. The van der Waals surface area contributed by atoms with E-state index < -0.39 is 6.04 Å². The molecule has 1 amide bonds. The van der Waals surface area contributed by atoms with Crippen molar-refractivity contribution in [2.45, 2.75) is 31.5 Å². The maximum absolute atomic E-state index is 13.1. The zero-order valence-electron chi connectivity index (χ0n) is 19.2. The third-order valence-corrected chi connectivity index (χ3v) is 6.73. The first-order valence-electron chi connectivity index (χ1n) is 11.5. The molecule has 2 bridgehead atoms. The van der Waals surface area contributed by atoms with E-state index in [1.807, 2.05) is 28.8 Å². The summed E-state index contributed by atoms with van der Waals surface area (Å²) in [6.07, 6.45) is 3.89. The number of carbonyl (C=O) groups excluding carboxylic acids is 2. The minimum atomic E-state index is -0.482. The highest BCUT2D eigenvalue weighted by Gasteiger charge is 2.48. The minimum absolute atomic E-state index is 0.101. The van der Waals surface area contributed by atoms with Gasteiger partial charge < -0.3 is 19.7 Å². The fraction of sp³-hybridized carbons (Fsp3) is 0.320. The molecule has 10 nitrogen and oxygen atoms in total. The van der Waals surface area contributed by atoms with Gasteiger partial charge >= 0.3 is 5.97 Å². The number of nitrogens with zero attached hydrogens (tertiary/aromatic N) is 5. The molecule has 6 rings (SSSR count). The van der Waals surface area contributed by atoms with Gasteiger partial charge in [-0.05, 0) is 18.2 Å². The lowest BCUT2D eigenvalue weighted by molar-refractivity contribution is -0.156. The van der Waals surface area contributed by atoms with Crippen molar-refractivity contribution in [3.63, 3.8) is 0 Å². The molecule has 2 fully saturated rings. The van der Waals surface area contributed by atoms with Gasteiger partial charge in [-0.15, -0.1) is 0 Å². The van der Waals surface area contributed by atoms with Crippen molar-refractivity contribution < 1.29 is 19.1 Å². The average Bonchev–Trinajstić information content (AvgIpc) is 3.60. The first kappa shape index (κ1) is 21.3. The number of nitrogens with one attached hydrogen (secondary N) is 1. The number of carbonyl (C=O) groups is 2. The Labute approximate surface area is 200 Å². The summed E-state index contributed by atoms with van der Waals surface area (Å²) in [5.41, 5.74) is 3.16. The number of aromatic nitrogens is 3. The van der Waals surface area contributed by atoms with E-state index >= 15 is 0 Å². The lowest BCUT2D eigenvalue weighted by atomic mass is 10.1. The molecule has 0 unspecified atom stereocenters. The highest BCUT2D eigenvalue weighted by molar-refractivity contribution is 5.96. The summed E-state index contributed by atoms with van der Waals surface area (Å²) in [4.78, 5) is 40.4. The number of hydrogen-bond donors (Lipinski definition) is 1.